The van der Waals surface area contributed by atoms with Gasteiger partial charge in [0, 0.05) is 13.0 Å². The molecule has 1 rings (SSSR count). The summed E-state index contributed by atoms with van der Waals surface area (Å²) in [5.41, 5.74) is 4.52. The van der Waals surface area contributed by atoms with Crippen molar-refractivity contribution in [2.24, 2.45) is 5.73 Å². The maximum atomic E-state index is 10.6. The number of hydrogen-bond acceptors (Lipinski definition) is 4. The zero-order chi connectivity index (χ0) is 12.2. The molecular weight excluding hydrogens is 212 g/mol. The topological polar surface area (TPSA) is 97.1 Å². The van der Waals surface area contributed by atoms with E-state index < -0.39 is 11.6 Å². The van der Waals surface area contributed by atoms with Crippen LogP contribution in [-0.4, -0.2) is 48.7 Å². The molecule has 0 spiro atoms. The number of rotatable bonds is 7. The first-order valence-electron chi connectivity index (χ1n) is 5.41. The van der Waals surface area contributed by atoms with E-state index in [1.807, 2.05) is 13.8 Å². The molecule has 0 unspecified atom stereocenters. The van der Waals surface area contributed by atoms with Crippen LogP contribution in [0.1, 0.15) is 20.3 Å². The van der Waals surface area contributed by atoms with E-state index in [1.54, 1.807) is 0 Å². The molecule has 0 radical (unpaired) electrons. The lowest BCUT2D eigenvalue weighted by molar-refractivity contribution is -0.0134. The van der Waals surface area contributed by atoms with Gasteiger partial charge in [0.2, 0.25) is 0 Å². The van der Waals surface area contributed by atoms with Crippen LogP contribution in [0, 0.1) is 0 Å². The van der Waals surface area contributed by atoms with E-state index in [9.17, 15) is 4.79 Å². The molecule has 0 aromatic heterocycles. The highest BCUT2D eigenvalue weighted by atomic mass is 16.6. The highest BCUT2D eigenvalue weighted by Crippen LogP contribution is 2.32. The highest BCUT2D eigenvalue weighted by molar-refractivity contribution is 5.71. The summed E-state index contributed by atoms with van der Waals surface area (Å²) < 4.78 is 10.8. The second-order valence-electron chi connectivity index (χ2n) is 4.39. The minimum atomic E-state index is -0.577. The van der Waals surface area contributed by atoms with E-state index in [0.29, 0.717) is 19.6 Å². The van der Waals surface area contributed by atoms with E-state index >= 15 is 0 Å². The number of urea groups is 1. The van der Waals surface area contributed by atoms with E-state index in [-0.39, 0.29) is 18.8 Å². The van der Waals surface area contributed by atoms with Crippen molar-refractivity contribution in [3.8, 4) is 0 Å². The van der Waals surface area contributed by atoms with Crippen LogP contribution in [0.5, 0.6) is 0 Å². The minimum Gasteiger partial charge on any atom is -0.393 e. The molecule has 1 heterocycles. The fraction of sp³-hybridized carbons (Fsp3) is 0.900. The van der Waals surface area contributed by atoms with Crippen LogP contribution in [0.3, 0.4) is 0 Å². The van der Waals surface area contributed by atoms with Gasteiger partial charge in [0.1, 0.15) is 5.60 Å². The molecule has 1 fully saturated rings. The molecule has 0 aromatic carbocycles. The first-order chi connectivity index (χ1) is 7.47. The van der Waals surface area contributed by atoms with Gasteiger partial charge in [-0.05, 0) is 13.8 Å². The van der Waals surface area contributed by atoms with Gasteiger partial charge < -0.3 is 25.6 Å². The largest absolute Gasteiger partial charge is 0.393 e. The second-order valence-corrected chi connectivity index (χ2v) is 4.39. The molecule has 6 nitrogen and oxygen atoms in total. The standard InChI is InChI=1S/C10H20N2O4/c1-7(2)16-8(4-12-9(11)14)3-10(5-13)6-15-10/h7-8,13H,3-6H2,1-2H3,(H3,11,12,14)/t8-,10-/m0/s1. The van der Waals surface area contributed by atoms with Gasteiger partial charge in [-0.15, -0.1) is 0 Å². The van der Waals surface area contributed by atoms with E-state index in [1.165, 1.54) is 0 Å². The van der Waals surface area contributed by atoms with Crippen molar-refractivity contribution >= 4 is 6.03 Å². The molecule has 0 aromatic rings. The number of carbonyl (C=O) groups excluding carboxylic acids is 1. The minimum absolute atomic E-state index is 0.0263. The molecule has 0 bridgehead atoms. The molecule has 6 heteroatoms. The molecule has 2 atom stereocenters. The predicted molar refractivity (Wildman–Crippen MR) is 58.0 cm³/mol. The monoisotopic (exact) mass is 232 g/mol. The molecule has 0 aliphatic carbocycles. The summed E-state index contributed by atoms with van der Waals surface area (Å²) in [5.74, 6) is 0. The third-order valence-electron chi connectivity index (χ3n) is 2.41. The van der Waals surface area contributed by atoms with Gasteiger partial charge in [-0.1, -0.05) is 0 Å². The Morgan fingerprint density at radius 1 is 1.69 bits per heavy atom. The number of aliphatic hydroxyl groups is 1. The van der Waals surface area contributed by atoms with E-state index in [0.717, 1.165) is 0 Å². The van der Waals surface area contributed by atoms with Gasteiger partial charge in [0.05, 0.1) is 25.4 Å². The molecule has 1 saturated heterocycles. The van der Waals surface area contributed by atoms with Crippen LogP contribution in [0.15, 0.2) is 0 Å². The molecule has 2 amide bonds. The van der Waals surface area contributed by atoms with Crippen LogP contribution < -0.4 is 11.1 Å². The van der Waals surface area contributed by atoms with Crippen molar-refractivity contribution in [3.63, 3.8) is 0 Å². The van der Waals surface area contributed by atoms with Crippen molar-refractivity contribution in [3.05, 3.63) is 0 Å². The average molecular weight is 232 g/mol. The molecule has 1 aliphatic rings. The Balaban J connectivity index is 2.40. The van der Waals surface area contributed by atoms with Crippen LogP contribution in [-0.2, 0) is 9.47 Å². The van der Waals surface area contributed by atoms with Gasteiger partial charge in [-0.2, -0.15) is 0 Å². The molecule has 0 saturated carbocycles. The lowest BCUT2D eigenvalue weighted by Crippen LogP contribution is -2.40. The highest BCUT2D eigenvalue weighted by Gasteiger charge is 2.46. The van der Waals surface area contributed by atoms with Crippen molar-refractivity contribution in [2.75, 3.05) is 19.8 Å². The lowest BCUT2D eigenvalue weighted by Gasteiger charge is -2.22. The van der Waals surface area contributed by atoms with Crippen LogP contribution in [0.4, 0.5) is 4.79 Å². The van der Waals surface area contributed by atoms with E-state index in [4.69, 9.17) is 20.3 Å². The molecule has 1 aliphatic heterocycles. The van der Waals surface area contributed by atoms with E-state index in [2.05, 4.69) is 5.32 Å². The summed E-state index contributed by atoms with van der Waals surface area (Å²) in [7, 11) is 0. The number of primary amides is 1. The Bertz CT molecular complexity index is 241. The number of nitrogens with two attached hydrogens (primary N) is 1. The van der Waals surface area contributed by atoms with Crippen molar-refractivity contribution in [1.82, 2.24) is 5.32 Å². The third-order valence-corrected chi connectivity index (χ3v) is 2.41. The number of nitrogens with one attached hydrogen (secondary N) is 1. The Morgan fingerprint density at radius 3 is 2.69 bits per heavy atom. The van der Waals surface area contributed by atoms with Crippen molar-refractivity contribution in [1.29, 1.82) is 0 Å². The van der Waals surface area contributed by atoms with Crippen LogP contribution >= 0.6 is 0 Å². The number of epoxide rings is 1. The van der Waals surface area contributed by atoms with Crippen LogP contribution in [0.2, 0.25) is 0 Å². The summed E-state index contributed by atoms with van der Waals surface area (Å²) in [5, 5.41) is 11.6. The maximum absolute atomic E-state index is 10.6. The third kappa shape index (κ3) is 4.34. The summed E-state index contributed by atoms with van der Waals surface area (Å²) in [4.78, 5) is 10.6. The smallest absolute Gasteiger partial charge is 0.312 e. The van der Waals surface area contributed by atoms with Gasteiger partial charge in [-0.25, -0.2) is 4.79 Å². The number of amides is 2. The second kappa shape index (κ2) is 5.47. The summed E-state index contributed by atoms with van der Waals surface area (Å²) >= 11 is 0. The lowest BCUT2D eigenvalue weighted by atomic mass is 10.0. The fourth-order valence-electron chi connectivity index (χ4n) is 1.56. The number of ether oxygens (including phenoxy) is 2. The maximum Gasteiger partial charge on any atom is 0.312 e. The Labute approximate surface area is 95.1 Å². The summed E-state index contributed by atoms with van der Waals surface area (Å²) in [6.07, 6.45) is 0.415. The molecule has 16 heavy (non-hydrogen) atoms. The normalized spacial score (nSPS) is 25.5. The summed E-state index contributed by atoms with van der Waals surface area (Å²) in [6.45, 7) is 4.67. The summed E-state index contributed by atoms with van der Waals surface area (Å²) in [6, 6.07) is -0.577. The SMILES string of the molecule is CC(C)O[C@H](CNC(N)=O)C[C@]1(CO)CO1. The Morgan fingerprint density at radius 2 is 2.31 bits per heavy atom. The quantitative estimate of drug-likeness (QED) is 0.520. The Hall–Kier alpha value is -0.850. The Kier molecular flexibility index (Phi) is 4.52. The van der Waals surface area contributed by atoms with Crippen molar-refractivity contribution < 1.29 is 19.4 Å². The van der Waals surface area contributed by atoms with Crippen LogP contribution in [0.25, 0.3) is 0 Å². The first kappa shape index (κ1) is 13.2. The molecular formula is C10H20N2O4. The van der Waals surface area contributed by atoms with Crippen molar-refractivity contribution in [2.45, 2.75) is 38.1 Å². The average Bonchev–Trinajstić information content (AvgIpc) is 2.94. The molecule has 94 valence electrons. The number of hydrogen-bond donors (Lipinski definition) is 3. The predicted octanol–water partition coefficient (Wildman–Crippen LogP) is -0.400. The fourth-order valence-corrected chi connectivity index (χ4v) is 1.56. The number of aliphatic hydroxyl groups excluding tert-OH is 1. The van der Waals surface area contributed by atoms with Gasteiger partial charge in [0.25, 0.3) is 0 Å². The first-order valence-corrected chi connectivity index (χ1v) is 5.41. The van der Waals surface area contributed by atoms with Gasteiger partial charge in [0.15, 0.2) is 0 Å². The zero-order valence-corrected chi connectivity index (χ0v) is 9.73. The number of carbonyl (C=O) groups is 1. The van der Waals surface area contributed by atoms with Gasteiger partial charge >= 0.3 is 6.03 Å². The van der Waals surface area contributed by atoms with Gasteiger partial charge in [-0.3, -0.25) is 0 Å². The zero-order valence-electron chi connectivity index (χ0n) is 9.73. The molecule has 4 N–H and O–H groups in total.